The number of nitrogens with zero attached hydrogens (tertiary/aromatic N) is 1. The van der Waals surface area contributed by atoms with E-state index in [1.807, 2.05) is 19.2 Å². The van der Waals surface area contributed by atoms with Gasteiger partial charge in [0.2, 0.25) is 5.91 Å². The Morgan fingerprint density at radius 1 is 1.29 bits per heavy atom. The number of hydrogen-bond donors (Lipinski definition) is 1. The van der Waals surface area contributed by atoms with Crippen molar-refractivity contribution in [2.75, 3.05) is 14.2 Å². The molecule has 2 aromatic rings. The zero-order valence-corrected chi connectivity index (χ0v) is 14.2. The van der Waals surface area contributed by atoms with Crippen LogP contribution in [0.5, 0.6) is 11.5 Å². The first-order chi connectivity index (χ1) is 11.6. The van der Waals surface area contributed by atoms with Gasteiger partial charge in [-0.05, 0) is 47.6 Å². The normalized spacial score (nSPS) is 15.8. The second kappa shape index (κ2) is 6.95. The molecule has 1 amide bonds. The van der Waals surface area contributed by atoms with Crippen LogP contribution < -0.4 is 4.74 Å². The van der Waals surface area contributed by atoms with Crippen molar-refractivity contribution >= 4 is 5.91 Å². The van der Waals surface area contributed by atoms with Gasteiger partial charge in [-0.25, -0.2) is 0 Å². The van der Waals surface area contributed by atoms with E-state index in [9.17, 15) is 9.90 Å². The van der Waals surface area contributed by atoms with E-state index in [4.69, 9.17) is 4.74 Å². The highest BCUT2D eigenvalue weighted by Crippen LogP contribution is 2.35. The molecule has 0 saturated heterocycles. The average Bonchev–Trinajstić information content (AvgIpc) is 2.98. The van der Waals surface area contributed by atoms with Gasteiger partial charge in [0.1, 0.15) is 0 Å². The average molecular weight is 325 g/mol. The van der Waals surface area contributed by atoms with Crippen molar-refractivity contribution in [3.05, 3.63) is 59.2 Å². The molecule has 0 spiro atoms. The molecule has 1 aliphatic rings. The van der Waals surface area contributed by atoms with Crippen molar-refractivity contribution in [1.29, 1.82) is 0 Å². The Morgan fingerprint density at radius 2 is 2.08 bits per heavy atom. The maximum absolute atomic E-state index is 12.6. The second-order valence-corrected chi connectivity index (χ2v) is 6.39. The van der Waals surface area contributed by atoms with Crippen LogP contribution in [0.15, 0.2) is 42.5 Å². The number of phenols is 1. The van der Waals surface area contributed by atoms with E-state index in [0.29, 0.717) is 24.6 Å². The number of benzene rings is 2. The van der Waals surface area contributed by atoms with Gasteiger partial charge in [-0.2, -0.15) is 0 Å². The number of carbonyl (C=O) groups excluding carboxylic acids is 1. The number of amides is 1. The monoisotopic (exact) mass is 325 g/mol. The van der Waals surface area contributed by atoms with Crippen molar-refractivity contribution in [1.82, 2.24) is 4.90 Å². The topological polar surface area (TPSA) is 49.8 Å². The van der Waals surface area contributed by atoms with E-state index >= 15 is 0 Å². The smallest absolute Gasteiger partial charge is 0.223 e. The SMILES string of the molecule is COc1ccc(CN(C)C(=O)C[C@H]2CCc3ccccc32)cc1O. The largest absolute Gasteiger partial charge is 0.504 e. The van der Waals surface area contributed by atoms with E-state index in [1.165, 1.54) is 18.2 Å². The van der Waals surface area contributed by atoms with Gasteiger partial charge < -0.3 is 14.7 Å². The van der Waals surface area contributed by atoms with Crippen molar-refractivity contribution in [3.8, 4) is 11.5 Å². The standard InChI is InChI=1S/C20H23NO3/c1-21(13-14-7-10-19(24-2)18(22)11-14)20(23)12-16-9-8-15-5-3-4-6-17(15)16/h3-7,10-11,16,22H,8-9,12-13H2,1-2H3/t16-/m1/s1. The summed E-state index contributed by atoms with van der Waals surface area (Å²) in [6.45, 7) is 0.477. The fraction of sp³-hybridized carbons (Fsp3) is 0.350. The number of aryl methyl sites for hydroxylation is 1. The Hall–Kier alpha value is -2.49. The van der Waals surface area contributed by atoms with Crippen LogP contribution in [0.25, 0.3) is 0 Å². The summed E-state index contributed by atoms with van der Waals surface area (Å²) in [6.07, 6.45) is 2.64. The fourth-order valence-electron chi connectivity index (χ4n) is 3.42. The first-order valence-corrected chi connectivity index (χ1v) is 8.26. The van der Waals surface area contributed by atoms with Crippen LogP contribution in [0.2, 0.25) is 0 Å². The lowest BCUT2D eigenvalue weighted by atomic mass is 9.97. The van der Waals surface area contributed by atoms with Crippen molar-refractivity contribution in [3.63, 3.8) is 0 Å². The van der Waals surface area contributed by atoms with Gasteiger partial charge in [-0.15, -0.1) is 0 Å². The summed E-state index contributed by atoms with van der Waals surface area (Å²) in [5.41, 5.74) is 3.58. The van der Waals surface area contributed by atoms with Crippen LogP contribution >= 0.6 is 0 Å². The van der Waals surface area contributed by atoms with Crippen LogP contribution in [-0.4, -0.2) is 30.1 Å². The van der Waals surface area contributed by atoms with Crippen LogP contribution in [0, 0.1) is 0 Å². The molecular weight excluding hydrogens is 302 g/mol. The number of carbonyl (C=O) groups is 1. The summed E-state index contributed by atoms with van der Waals surface area (Å²) in [5.74, 6) is 0.989. The van der Waals surface area contributed by atoms with Gasteiger partial charge in [0.25, 0.3) is 0 Å². The zero-order chi connectivity index (χ0) is 17.1. The zero-order valence-electron chi connectivity index (χ0n) is 14.2. The highest BCUT2D eigenvalue weighted by atomic mass is 16.5. The van der Waals surface area contributed by atoms with Crippen molar-refractivity contribution in [2.45, 2.75) is 31.7 Å². The van der Waals surface area contributed by atoms with Crippen molar-refractivity contribution in [2.24, 2.45) is 0 Å². The summed E-state index contributed by atoms with van der Waals surface area (Å²) >= 11 is 0. The summed E-state index contributed by atoms with van der Waals surface area (Å²) in [6, 6.07) is 13.6. The lowest BCUT2D eigenvalue weighted by molar-refractivity contribution is -0.130. The highest BCUT2D eigenvalue weighted by Gasteiger charge is 2.25. The molecule has 24 heavy (non-hydrogen) atoms. The molecule has 4 heteroatoms. The van der Waals surface area contributed by atoms with E-state index in [-0.39, 0.29) is 11.7 Å². The molecule has 0 radical (unpaired) electrons. The number of hydrogen-bond acceptors (Lipinski definition) is 3. The molecular formula is C20H23NO3. The predicted molar refractivity (Wildman–Crippen MR) is 93.3 cm³/mol. The van der Waals surface area contributed by atoms with Gasteiger partial charge in [-0.3, -0.25) is 4.79 Å². The molecule has 0 saturated carbocycles. The minimum Gasteiger partial charge on any atom is -0.504 e. The van der Waals surface area contributed by atoms with Gasteiger partial charge in [-0.1, -0.05) is 30.3 Å². The number of methoxy groups -OCH3 is 1. The maximum Gasteiger partial charge on any atom is 0.223 e. The molecule has 0 aromatic heterocycles. The third-order valence-corrected chi connectivity index (χ3v) is 4.77. The molecule has 1 atom stereocenters. The molecule has 126 valence electrons. The summed E-state index contributed by atoms with van der Waals surface area (Å²) in [7, 11) is 3.33. The third-order valence-electron chi connectivity index (χ3n) is 4.77. The Bertz CT molecular complexity index is 741. The van der Waals surface area contributed by atoms with Gasteiger partial charge in [0.05, 0.1) is 7.11 Å². The van der Waals surface area contributed by atoms with Crippen molar-refractivity contribution < 1.29 is 14.6 Å². The first kappa shape index (κ1) is 16.4. The minimum absolute atomic E-state index is 0.0977. The number of phenolic OH excluding ortho intramolecular Hbond substituents is 1. The molecule has 0 unspecified atom stereocenters. The molecule has 0 aliphatic heterocycles. The first-order valence-electron chi connectivity index (χ1n) is 8.26. The highest BCUT2D eigenvalue weighted by molar-refractivity contribution is 5.77. The Balaban J connectivity index is 1.62. The molecule has 0 heterocycles. The molecule has 0 fully saturated rings. The predicted octanol–water partition coefficient (Wildman–Crippen LogP) is 3.48. The van der Waals surface area contributed by atoms with E-state index in [0.717, 1.165) is 18.4 Å². The number of aromatic hydroxyl groups is 1. The Morgan fingerprint density at radius 3 is 2.83 bits per heavy atom. The van der Waals surface area contributed by atoms with E-state index < -0.39 is 0 Å². The summed E-state index contributed by atoms with van der Waals surface area (Å²) in [4.78, 5) is 14.3. The molecule has 1 N–H and O–H groups in total. The lowest BCUT2D eigenvalue weighted by Crippen LogP contribution is -2.27. The molecule has 3 rings (SSSR count). The van der Waals surface area contributed by atoms with E-state index in [2.05, 4.69) is 18.2 Å². The van der Waals surface area contributed by atoms with Crippen LogP contribution in [0.4, 0.5) is 0 Å². The minimum atomic E-state index is 0.0977. The van der Waals surface area contributed by atoms with Gasteiger partial charge in [0, 0.05) is 20.0 Å². The van der Waals surface area contributed by atoms with Crippen LogP contribution in [-0.2, 0) is 17.8 Å². The van der Waals surface area contributed by atoms with E-state index in [1.54, 1.807) is 17.0 Å². The fourth-order valence-corrected chi connectivity index (χ4v) is 3.42. The lowest BCUT2D eigenvalue weighted by Gasteiger charge is -2.20. The number of rotatable bonds is 5. The van der Waals surface area contributed by atoms with Crippen LogP contribution in [0.1, 0.15) is 35.4 Å². The molecule has 4 nitrogen and oxygen atoms in total. The maximum atomic E-state index is 12.6. The Kier molecular flexibility index (Phi) is 4.74. The van der Waals surface area contributed by atoms with Crippen LogP contribution in [0.3, 0.4) is 0 Å². The quantitative estimate of drug-likeness (QED) is 0.915. The molecule has 2 aromatic carbocycles. The van der Waals surface area contributed by atoms with Gasteiger partial charge >= 0.3 is 0 Å². The molecule has 0 bridgehead atoms. The number of ether oxygens (including phenoxy) is 1. The molecule has 1 aliphatic carbocycles. The summed E-state index contributed by atoms with van der Waals surface area (Å²) in [5, 5.41) is 9.85. The third kappa shape index (κ3) is 3.37. The second-order valence-electron chi connectivity index (χ2n) is 6.39. The summed E-state index contributed by atoms with van der Waals surface area (Å²) < 4.78 is 5.04. The number of fused-ring (bicyclic) bond motifs is 1. The van der Waals surface area contributed by atoms with Gasteiger partial charge in [0.15, 0.2) is 11.5 Å². The Labute approximate surface area is 142 Å².